The topological polar surface area (TPSA) is 55.2 Å². The van der Waals surface area contributed by atoms with Gasteiger partial charge in [-0.2, -0.15) is 0 Å². The summed E-state index contributed by atoms with van der Waals surface area (Å²) in [6.07, 6.45) is 1.81. The van der Waals surface area contributed by atoms with E-state index in [0.717, 1.165) is 15.5 Å². The van der Waals surface area contributed by atoms with Crippen molar-refractivity contribution in [2.75, 3.05) is 5.32 Å². The molecule has 0 aliphatic carbocycles. The third kappa shape index (κ3) is 2.20. The zero-order valence-corrected chi connectivity index (χ0v) is 10.7. The quantitative estimate of drug-likeness (QED) is 0.659. The largest absolute Gasteiger partial charge is 0.360 e. The highest BCUT2D eigenvalue weighted by atomic mass is 32.2. The average Bonchev–Trinajstić information content (AvgIpc) is 2.46. The second-order valence-electron chi connectivity index (χ2n) is 4.03. The van der Waals surface area contributed by atoms with Crippen LogP contribution < -0.4 is 5.32 Å². The first-order valence-corrected chi connectivity index (χ1v) is 6.55. The van der Waals surface area contributed by atoms with Crippen LogP contribution in [0.25, 0.3) is 4.91 Å². The molecule has 1 aliphatic heterocycles. The van der Waals surface area contributed by atoms with E-state index >= 15 is 0 Å². The zero-order chi connectivity index (χ0) is 13.2. The number of hydrogen-bond donors (Lipinski definition) is 1. The van der Waals surface area contributed by atoms with Crippen LogP contribution >= 0.6 is 11.8 Å². The Kier molecular flexibility index (Phi) is 2.97. The molecule has 0 fully saturated rings. The molecule has 0 aromatic heterocycles. The predicted molar refractivity (Wildman–Crippen MR) is 77.0 cm³/mol. The summed E-state index contributed by atoms with van der Waals surface area (Å²) in [5.74, 6) is 0. The van der Waals surface area contributed by atoms with Crippen LogP contribution in [-0.4, -0.2) is 4.92 Å². The molecule has 0 atom stereocenters. The molecule has 19 heavy (non-hydrogen) atoms. The first-order valence-electron chi connectivity index (χ1n) is 5.73. The van der Waals surface area contributed by atoms with Crippen LogP contribution in [0.4, 0.5) is 11.4 Å². The fourth-order valence-electron chi connectivity index (χ4n) is 1.94. The molecule has 2 aromatic rings. The summed E-state index contributed by atoms with van der Waals surface area (Å²) in [6, 6.07) is 14.7. The van der Waals surface area contributed by atoms with E-state index in [1.807, 2.05) is 36.5 Å². The third-order valence-corrected chi connectivity index (χ3v) is 3.97. The molecule has 5 heteroatoms. The maximum Gasteiger partial charge on any atom is 0.277 e. The Balaban J connectivity index is 2.02. The van der Waals surface area contributed by atoms with Crippen molar-refractivity contribution in [1.82, 2.24) is 0 Å². The van der Waals surface area contributed by atoms with Gasteiger partial charge in [-0.05, 0) is 18.2 Å². The summed E-state index contributed by atoms with van der Waals surface area (Å²) in [5.41, 5.74) is 1.79. The van der Waals surface area contributed by atoms with Crippen LogP contribution in [0.3, 0.4) is 0 Å². The summed E-state index contributed by atoms with van der Waals surface area (Å²) >= 11 is 1.54. The minimum atomic E-state index is -0.350. The number of hydrogen-bond acceptors (Lipinski definition) is 4. The number of anilines is 1. The molecule has 4 nitrogen and oxygen atoms in total. The van der Waals surface area contributed by atoms with E-state index in [4.69, 9.17) is 0 Å². The second-order valence-corrected chi connectivity index (χ2v) is 5.11. The van der Waals surface area contributed by atoms with E-state index in [0.29, 0.717) is 5.56 Å². The molecule has 0 unspecified atom stereocenters. The predicted octanol–water partition coefficient (Wildman–Crippen LogP) is 4.11. The first kappa shape index (κ1) is 11.8. The van der Waals surface area contributed by atoms with Gasteiger partial charge in [0.2, 0.25) is 0 Å². The van der Waals surface area contributed by atoms with Crippen molar-refractivity contribution >= 4 is 28.0 Å². The van der Waals surface area contributed by atoms with Gasteiger partial charge in [-0.3, -0.25) is 10.1 Å². The fourth-order valence-corrected chi connectivity index (χ4v) is 2.96. The van der Waals surface area contributed by atoms with Crippen molar-refractivity contribution in [3.8, 4) is 0 Å². The molecular weight excluding hydrogens is 260 g/mol. The number of fused-ring (bicyclic) bond motifs is 1. The molecule has 0 amide bonds. The van der Waals surface area contributed by atoms with E-state index in [9.17, 15) is 10.1 Å². The Labute approximate surface area is 114 Å². The van der Waals surface area contributed by atoms with Crippen LogP contribution in [0.2, 0.25) is 0 Å². The second kappa shape index (κ2) is 4.78. The lowest BCUT2D eigenvalue weighted by atomic mass is 10.1. The summed E-state index contributed by atoms with van der Waals surface area (Å²) in [7, 11) is 0. The van der Waals surface area contributed by atoms with Gasteiger partial charge in [-0.15, -0.1) is 0 Å². The van der Waals surface area contributed by atoms with Gasteiger partial charge in [0.15, 0.2) is 0 Å². The van der Waals surface area contributed by atoms with Crippen LogP contribution in [0.15, 0.2) is 59.6 Å². The van der Waals surface area contributed by atoms with Gasteiger partial charge >= 0.3 is 0 Å². The SMILES string of the molecule is O=[N+]([O-])c1ccccc1C1=CNc2ccccc2S1. The molecular formula is C14H10N2O2S. The maximum absolute atomic E-state index is 11.1. The molecule has 2 aromatic carbocycles. The van der Waals surface area contributed by atoms with Crippen LogP contribution in [0.5, 0.6) is 0 Å². The summed E-state index contributed by atoms with van der Waals surface area (Å²) in [5, 5.41) is 14.2. The summed E-state index contributed by atoms with van der Waals surface area (Å²) in [6.45, 7) is 0. The highest BCUT2D eigenvalue weighted by molar-refractivity contribution is 8.08. The van der Waals surface area contributed by atoms with E-state index in [1.54, 1.807) is 12.1 Å². The molecule has 0 radical (unpaired) electrons. The van der Waals surface area contributed by atoms with Gasteiger partial charge in [0.25, 0.3) is 5.69 Å². The van der Waals surface area contributed by atoms with E-state index in [2.05, 4.69) is 5.32 Å². The Morgan fingerprint density at radius 3 is 2.63 bits per heavy atom. The number of nitro benzene ring substituents is 1. The molecule has 0 saturated carbocycles. The molecule has 0 saturated heterocycles. The lowest BCUT2D eigenvalue weighted by molar-refractivity contribution is -0.385. The molecule has 1 aliphatic rings. The number of benzene rings is 2. The van der Waals surface area contributed by atoms with Crippen molar-refractivity contribution in [1.29, 1.82) is 0 Å². The van der Waals surface area contributed by atoms with Crippen LogP contribution in [0, 0.1) is 10.1 Å². The highest BCUT2D eigenvalue weighted by Crippen LogP contribution is 2.43. The standard InChI is InChI=1S/C14H10N2O2S/c17-16(18)12-7-3-1-5-10(12)14-9-15-11-6-2-4-8-13(11)19-14/h1-9,15H. The minimum absolute atomic E-state index is 0.127. The van der Waals surface area contributed by atoms with Gasteiger partial charge in [0.1, 0.15) is 0 Å². The van der Waals surface area contributed by atoms with Crippen LogP contribution in [0.1, 0.15) is 5.56 Å². The van der Waals surface area contributed by atoms with Gasteiger partial charge in [-0.25, -0.2) is 0 Å². The zero-order valence-electron chi connectivity index (χ0n) is 9.87. The summed E-state index contributed by atoms with van der Waals surface area (Å²) in [4.78, 5) is 12.6. The van der Waals surface area contributed by atoms with E-state index in [1.165, 1.54) is 17.8 Å². The Bertz CT molecular complexity index is 683. The molecule has 1 heterocycles. The maximum atomic E-state index is 11.1. The van der Waals surface area contributed by atoms with Crippen molar-refractivity contribution < 1.29 is 4.92 Å². The molecule has 0 bridgehead atoms. The highest BCUT2D eigenvalue weighted by Gasteiger charge is 2.20. The lowest BCUT2D eigenvalue weighted by Gasteiger charge is -2.17. The van der Waals surface area contributed by atoms with Gasteiger partial charge in [0.05, 0.1) is 16.2 Å². The van der Waals surface area contributed by atoms with Crippen molar-refractivity contribution in [3.63, 3.8) is 0 Å². The number of nitrogens with one attached hydrogen (secondary N) is 1. The van der Waals surface area contributed by atoms with Gasteiger partial charge in [0, 0.05) is 22.1 Å². The summed E-state index contributed by atoms with van der Waals surface area (Å²) < 4.78 is 0. The first-order chi connectivity index (χ1) is 9.25. The number of nitro groups is 1. The Hall–Kier alpha value is -2.27. The number of nitrogens with zero attached hydrogens (tertiary/aromatic N) is 1. The van der Waals surface area contributed by atoms with Gasteiger partial charge < -0.3 is 5.32 Å². The lowest BCUT2D eigenvalue weighted by Crippen LogP contribution is -2.00. The normalized spacial score (nSPS) is 13.2. The monoisotopic (exact) mass is 270 g/mol. The van der Waals surface area contributed by atoms with Gasteiger partial charge in [-0.1, -0.05) is 36.0 Å². The number of thioether (sulfide) groups is 1. The minimum Gasteiger partial charge on any atom is -0.360 e. The molecule has 1 N–H and O–H groups in total. The smallest absolute Gasteiger partial charge is 0.277 e. The van der Waals surface area contributed by atoms with Crippen molar-refractivity contribution in [3.05, 3.63) is 70.4 Å². The number of para-hydroxylation sites is 2. The van der Waals surface area contributed by atoms with E-state index in [-0.39, 0.29) is 10.6 Å². The Morgan fingerprint density at radius 1 is 1.05 bits per heavy atom. The fraction of sp³-hybridized carbons (Fsp3) is 0. The number of rotatable bonds is 2. The molecule has 3 rings (SSSR count). The Morgan fingerprint density at radius 2 is 1.79 bits per heavy atom. The molecule has 0 spiro atoms. The third-order valence-electron chi connectivity index (χ3n) is 2.83. The van der Waals surface area contributed by atoms with Crippen LogP contribution in [-0.2, 0) is 0 Å². The van der Waals surface area contributed by atoms with Crippen molar-refractivity contribution in [2.24, 2.45) is 0 Å². The van der Waals surface area contributed by atoms with E-state index < -0.39 is 0 Å². The average molecular weight is 270 g/mol. The van der Waals surface area contributed by atoms with Crippen molar-refractivity contribution in [2.45, 2.75) is 4.90 Å². The molecule has 94 valence electrons.